The number of halogens is 1. The van der Waals surface area contributed by atoms with Crippen LogP contribution in [0.2, 0.25) is 0 Å². The lowest BCUT2D eigenvalue weighted by Crippen LogP contribution is -2.26. The first kappa shape index (κ1) is 14.8. The van der Waals surface area contributed by atoms with Gasteiger partial charge in [0.05, 0.1) is 12.0 Å². The number of hydrogen-bond donors (Lipinski definition) is 1. The van der Waals surface area contributed by atoms with E-state index >= 15 is 0 Å². The van der Waals surface area contributed by atoms with Crippen molar-refractivity contribution in [3.05, 3.63) is 29.6 Å². The van der Waals surface area contributed by atoms with Crippen LogP contribution in [0.1, 0.15) is 38.7 Å². The molecular weight excluding hydrogens is 259 g/mol. The number of carboxylic acids is 1. The van der Waals surface area contributed by atoms with Crippen molar-refractivity contribution in [3.63, 3.8) is 0 Å². The SMILES string of the molecule is CC(C)(Cc1cc(F)cc(OCC2CCC2)c1)C(=O)O. The lowest BCUT2D eigenvalue weighted by Gasteiger charge is -2.25. The molecule has 0 amide bonds. The maximum Gasteiger partial charge on any atom is 0.309 e. The summed E-state index contributed by atoms with van der Waals surface area (Å²) in [5.41, 5.74) is -0.264. The van der Waals surface area contributed by atoms with Crippen LogP contribution in [0.15, 0.2) is 18.2 Å². The molecule has 0 aliphatic heterocycles. The maximum absolute atomic E-state index is 13.6. The number of aliphatic carboxylic acids is 1. The summed E-state index contributed by atoms with van der Waals surface area (Å²) < 4.78 is 19.2. The van der Waals surface area contributed by atoms with Crippen molar-refractivity contribution in [2.45, 2.75) is 39.5 Å². The summed E-state index contributed by atoms with van der Waals surface area (Å²) in [4.78, 5) is 11.1. The third kappa shape index (κ3) is 3.71. The number of benzene rings is 1. The molecule has 1 N–H and O–H groups in total. The highest BCUT2D eigenvalue weighted by Gasteiger charge is 2.27. The van der Waals surface area contributed by atoms with Crippen LogP contribution >= 0.6 is 0 Å². The second kappa shape index (κ2) is 5.81. The summed E-state index contributed by atoms with van der Waals surface area (Å²) in [6.45, 7) is 3.88. The Labute approximate surface area is 118 Å². The summed E-state index contributed by atoms with van der Waals surface area (Å²) in [5.74, 6) is -0.198. The third-order valence-corrected chi connectivity index (χ3v) is 3.87. The molecule has 0 atom stereocenters. The van der Waals surface area contributed by atoms with E-state index < -0.39 is 11.4 Å². The molecule has 0 unspecified atom stereocenters. The van der Waals surface area contributed by atoms with Crippen LogP contribution < -0.4 is 4.74 Å². The predicted octanol–water partition coefficient (Wildman–Crippen LogP) is 3.66. The largest absolute Gasteiger partial charge is 0.493 e. The van der Waals surface area contributed by atoms with Gasteiger partial charge in [-0.1, -0.05) is 6.42 Å². The molecule has 2 rings (SSSR count). The van der Waals surface area contributed by atoms with Crippen LogP contribution in [0.5, 0.6) is 5.75 Å². The Bertz CT molecular complexity index is 492. The van der Waals surface area contributed by atoms with Crippen molar-refractivity contribution < 1.29 is 19.0 Å². The van der Waals surface area contributed by atoms with Gasteiger partial charge in [0.15, 0.2) is 0 Å². The zero-order valence-corrected chi connectivity index (χ0v) is 12.0. The van der Waals surface area contributed by atoms with Gasteiger partial charge in [0.25, 0.3) is 0 Å². The molecule has 4 heteroatoms. The fourth-order valence-corrected chi connectivity index (χ4v) is 2.27. The van der Waals surface area contributed by atoms with E-state index in [4.69, 9.17) is 9.84 Å². The van der Waals surface area contributed by atoms with Gasteiger partial charge in [-0.2, -0.15) is 0 Å². The second-order valence-electron chi connectivity index (χ2n) is 6.27. The minimum absolute atomic E-state index is 0.278. The lowest BCUT2D eigenvalue weighted by atomic mass is 9.85. The highest BCUT2D eigenvalue weighted by atomic mass is 19.1. The molecule has 1 aliphatic rings. The van der Waals surface area contributed by atoms with Gasteiger partial charge in [-0.05, 0) is 56.7 Å². The third-order valence-electron chi connectivity index (χ3n) is 3.87. The Morgan fingerprint density at radius 1 is 1.40 bits per heavy atom. The van der Waals surface area contributed by atoms with Gasteiger partial charge in [-0.25, -0.2) is 4.39 Å². The first-order chi connectivity index (χ1) is 9.37. The number of carboxylic acid groups (broad SMARTS) is 1. The van der Waals surface area contributed by atoms with Crippen molar-refractivity contribution in [2.75, 3.05) is 6.61 Å². The van der Waals surface area contributed by atoms with Gasteiger partial charge in [0.1, 0.15) is 11.6 Å². The summed E-state index contributed by atoms with van der Waals surface area (Å²) in [7, 11) is 0. The van der Waals surface area contributed by atoms with E-state index in [0.29, 0.717) is 23.8 Å². The predicted molar refractivity (Wildman–Crippen MR) is 74.4 cm³/mol. The van der Waals surface area contributed by atoms with Gasteiger partial charge >= 0.3 is 5.97 Å². The van der Waals surface area contributed by atoms with E-state index in [1.807, 2.05) is 0 Å². The number of hydrogen-bond acceptors (Lipinski definition) is 2. The fourth-order valence-electron chi connectivity index (χ4n) is 2.27. The molecule has 1 aromatic carbocycles. The molecule has 1 saturated carbocycles. The maximum atomic E-state index is 13.6. The van der Waals surface area contributed by atoms with Gasteiger partial charge < -0.3 is 9.84 Å². The van der Waals surface area contributed by atoms with Crippen LogP contribution in [-0.4, -0.2) is 17.7 Å². The summed E-state index contributed by atoms with van der Waals surface area (Å²) in [6, 6.07) is 4.48. The van der Waals surface area contributed by atoms with Crippen molar-refractivity contribution in [2.24, 2.45) is 11.3 Å². The van der Waals surface area contributed by atoms with Crippen LogP contribution in [0.3, 0.4) is 0 Å². The monoisotopic (exact) mass is 280 g/mol. The van der Waals surface area contributed by atoms with E-state index in [9.17, 15) is 9.18 Å². The number of carbonyl (C=O) groups is 1. The summed E-state index contributed by atoms with van der Waals surface area (Å²) >= 11 is 0. The van der Waals surface area contributed by atoms with Gasteiger partial charge in [0.2, 0.25) is 0 Å². The van der Waals surface area contributed by atoms with Crippen LogP contribution in [-0.2, 0) is 11.2 Å². The summed E-state index contributed by atoms with van der Waals surface area (Å²) in [6.07, 6.45) is 3.87. The molecule has 1 aliphatic carbocycles. The van der Waals surface area contributed by atoms with E-state index in [1.165, 1.54) is 31.4 Å². The number of rotatable bonds is 6. The molecule has 0 spiro atoms. The Hall–Kier alpha value is -1.58. The van der Waals surface area contributed by atoms with Crippen molar-refractivity contribution in [3.8, 4) is 5.75 Å². The molecular formula is C16H21FO3. The Balaban J connectivity index is 2.05. The second-order valence-corrected chi connectivity index (χ2v) is 6.27. The Morgan fingerprint density at radius 3 is 2.65 bits per heavy atom. The molecule has 20 heavy (non-hydrogen) atoms. The molecule has 0 radical (unpaired) electrons. The van der Waals surface area contributed by atoms with Crippen LogP contribution in [0.25, 0.3) is 0 Å². The molecule has 110 valence electrons. The first-order valence-electron chi connectivity index (χ1n) is 7.02. The quantitative estimate of drug-likeness (QED) is 0.865. The Kier molecular flexibility index (Phi) is 4.31. The van der Waals surface area contributed by atoms with Crippen LogP contribution in [0.4, 0.5) is 4.39 Å². The van der Waals surface area contributed by atoms with E-state index in [-0.39, 0.29) is 12.2 Å². The Morgan fingerprint density at radius 2 is 2.10 bits per heavy atom. The average Bonchev–Trinajstić information content (AvgIpc) is 2.25. The van der Waals surface area contributed by atoms with E-state index in [2.05, 4.69) is 0 Å². The molecule has 3 nitrogen and oxygen atoms in total. The lowest BCUT2D eigenvalue weighted by molar-refractivity contribution is -0.146. The highest BCUT2D eigenvalue weighted by Crippen LogP contribution is 2.29. The van der Waals surface area contributed by atoms with Crippen LogP contribution in [0, 0.1) is 17.2 Å². The molecule has 1 fully saturated rings. The zero-order chi connectivity index (χ0) is 14.8. The minimum Gasteiger partial charge on any atom is -0.493 e. The minimum atomic E-state index is -0.918. The smallest absolute Gasteiger partial charge is 0.309 e. The molecule has 0 heterocycles. The number of ether oxygens (including phenoxy) is 1. The van der Waals surface area contributed by atoms with Crippen molar-refractivity contribution in [1.82, 2.24) is 0 Å². The molecule has 0 bridgehead atoms. The first-order valence-corrected chi connectivity index (χ1v) is 7.02. The van der Waals surface area contributed by atoms with Gasteiger partial charge in [-0.3, -0.25) is 4.79 Å². The molecule has 1 aromatic rings. The zero-order valence-electron chi connectivity index (χ0n) is 12.0. The van der Waals surface area contributed by atoms with E-state index in [0.717, 1.165) is 0 Å². The average molecular weight is 280 g/mol. The van der Waals surface area contributed by atoms with Crippen molar-refractivity contribution >= 4 is 5.97 Å². The topological polar surface area (TPSA) is 46.5 Å². The molecule has 0 saturated heterocycles. The fraction of sp³-hybridized carbons (Fsp3) is 0.562. The summed E-state index contributed by atoms with van der Waals surface area (Å²) in [5, 5.41) is 9.13. The van der Waals surface area contributed by atoms with Crippen molar-refractivity contribution in [1.29, 1.82) is 0 Å². The van der Waals surface area contributed by atoms with E-state index in [1.54, 1.807) is 19.9 Å². The highest BCUT2D eigenvalue weighted by molar-refractivity contribution is 5.74. The normalized spacial score (nSPS) is 15.8. The van der Waals surface area contributed by atoms with Gasteiger partial charge in [-0.15, -0.1) is 0 Å². The standard InChI is InChI=1S/C16H21FO3/c1-16(2,15(18)19)9-12-6-13(17)8-14(7-12)20-10-11-4-3-5-11/h6-8,11H,3-5,9-10H2,1-2H3,(H,18,19). The van der Waals surface area contributed by atoms with Gasteiger partial charge in [0, 0.05) is 6.07 Å². The molecule has 0 aromatic heterocycles.